The number of benzene rings is 3. The molecule has 0 bridgehead atoms. The first-order valence-corrected chi connectivity index (χ1v) is 9.34. The maximum atomic E-state index is 5.58. The Kier molecular flexibility index (Phi) is 6.50. The van der Waals surface area contributed by atoms with Crippen molar-refractivity contribution < 1.29 is 9.47 Å². The van der Waals surface area contributed by atoms with Crippen molar-refractivity contribution in [2.24, 2.45) is 0 Å². The van der Waals surface area contributed by atoms with Gasteiger partial charge in [-0.3, -0.25) is 0 Å². The van der Waals surface area contributed by atoms with Crippen LogP contribution in [0.15, 0.2) is 72.8 Å². The second-order valence-electron chi connectivity index (χ2n) is 6.52. The summed E-state index contributed by atoms with van der Waals surface area (Å²) in [6.45, 7) is 3.02. The third kappa shape index (κ3) is 4.69. The highest BCUT2D eigenvalue weighted by Crippen LogP contribution is 2.32. The van der Waals surface area contributed by atoms with Gasteiger partial charge in [0, 0.05) is 18.2 Å². The van der Waals surface area contributed by atoms with Crippen LogP contribution in [0.2, 0.25) is 0 Å². The molecule has 1 N–H and O–H groups in total. The average molecular weight is 361 g/mol. The zero-order valence-corrected chi connectivity index (χ0v) is 16.2. The normalized spacial score (nSPS) is 11.8. The van der Waals surface area contributed by atoms with Gasteiger partial charge < -0.3 is 14.8 Å². The van der Waals surface area contributed by atoms with Gasteiger partial charge in [-0.05, 0) is 47.4 Å². The van der Waals surface area contributed by atoms with Gasteiger partial charge in [-0.2, -0.15) is 0 Å². The minimum absolute atomic E-state index is 0.345. The molecule has 0 spiro atoms. The van der Waals surface area contributed by atoms with Gasteiger partial charge >= 0.3 is 0 Å². The molecule has 0 aliphatic heterocycles. The van der Waals surface area contributed by atoms with Crippen LogP contribution in [0.5, 0.6) is 11.5 Å². The molecule has 0 radical (unpaired) electrons. The summed E-state index contributed by atoms with van der Waals surface area (Å²) < 4.78 is 10.8. The SMILES string of the molecule is CCC(NCc1ccc(OC)c(-c2ccc(OC)cc2)c1)c1ccccc1. The molecule has 27 heavy (non-hydrogen) atoms. The zero-order valence-electron chi connectivity index (χ0n) is 16.2. The lowest BCUT2D eigenvalue weighted by molar-refractivity contribution is 0.414. The fraction of sp³-hybridized carbons (Fsp3) is 0.250. The van der Waals surface area contributed by atoms with Gasteiger partial charge in [0.15, 0.2) is 0 Å². The summed E-state index contributed by atoms with van der Waals surface area (Å²) in [5, 5.41) is 3.68. The number of methoxy groups -OCH3 is 2. The van der Waals surface area contributed by atoms with Gasteiger partial charge in [0.05, 0.1) is 14.2 Å². The first kappa shape index (κ1) is 19.0. The maximum absolute atomic E-state index is 5.58. The average Bonchev–Trinajstić information content (AvgIpc) is 2.75. The monoisotopic (exact) mass is 361 g/mol. The van der Waals surface area contributed by atoms with Crippen LogP contribution in [-0.2, 0) is 6.54 Å². The van der Waals surface area contributed by atoms with E-state index < -0.39 is 0 Å². The predicted molar refractivity (Wildman–Crippen MR) is 111 cm³/mol. The summed E-state index contributed by atoms with van der Waals surface area (Å²) in [6, 6.07) is 25.4. The molecule has 3 heteroatoms. The van der Waals surface area contributed by atoms with Gasteiger partial charge in [-0.25, -0.2) is 0 Å². The molecule has 0 aliphatic rings. The maximum Gasteiger partial charge on any atom is 0.126 e. The Hall–Kier alpha value is -2.78. The lowest BCUT2D eigenvalue weighted by atomic mass is 10.0. The Morgan fingerprint density at radius 1 is 0.852 bits per heavy atom. The number of hydrogen-bond donors (Lipinski definition) is 1. The summed E-state index contributed by atoms with van der Waals surface area (Å²) in [7, 11) is 3.39. The molecule has 3 rings (SSSR count). The fourth-order valence-corrected chi connectivity index (χ4v) is 3.29. The van der Waals surface area contributed by atoms with Crippen LogP contribution in [0.3, 0.4) is 0 Å². The molecule has 0 aliphatic carbocycles. The highest BCUT2D eigenvalue weighted by molar-refractivity contribution is 5.71. The van der Waals surface area contributed by atoms with E-state index in [4.69, 9.17) is 9.47 Å². The van der Waals surface area contributed by atoms with Gasteiger partial charge in [0.1, 0.15) is 11.5 Å². The Bertz CT molecular complexity index is 844. The standard InChI is InChI=1S/C24H27NO2/c1-4-23(20-8-6-5-7-9-20)25-17-18-10-15-24(27-3)22(16-18)19-11-13-21(26-2)14-12-19/h5-16,23,25H,4,17H2,1-3H3. The van der Waals surface area contributed by atoms with E-state index in [0.717, 1.165) is 35.6 Å². The van der Waals surface area contributed by atoms with Gasteiger partial charge in [-0.15, -0.1) is 0 Å². The smallest absolute Gasteiger partial charge is 0.126 e. The van der Waals surface area contributed by atoms with E-state index in [-0.39, 0.29) is 0 Å². The second-order valence-corrected chi connectivity index (χ2v) is 6.52. The second kappa shape index (κ2) is 9.24. The summed E-state index contributed by atoms with van der Waals surface area (Å²) in [4.78, 5) is 0. The van der Waals surface area contributed by atoms with Crippen molar-refractivity contribution in [1.29, 1.82) is 0 Å². The quantitative estimate of drug-likeness (QED) is 0.565. The van der Waals surface area contributed by atoms with Crippen LogP contribution in [0.1, 0.15) is 30.5 Å². The lowest BCUT2D eigenvalue weighted by Gasteiger charge is -2.18. The predicted octanol–water partition coefficient (Wildman–Crippen LogP) is 5.61. The first-order valence-electron chi connectivity index (χ1n) is 9.34. The van der Waals surface area contributed by atoms with Crippen LogP contribution in [0, 0.1) is 0 Å². The van der Waals surface area contributed by atoms with Crippen molar-refractivity contribution in [3.63, 3.8) is 0 Å². The molecule has 0 aromatic heterocycles. The molecule has 1 atom stereocenters. The molecular formula is C24H27NO2. The third-order valence-corrected chi connectivity index (χ3v) is 4.83. The summed E-state index contributed by atoms with van der Waals surface area (Å²) in [6.07, 6.45) is 1.05. The van der Waals surface area contributed by atoms with Crippen LogP contribution in [0.25, 0.3) is 11.1 Å². The van der Waals surface area contributed by atoms with Crippen LogP contribution in [0.4, 0.5) is 0 Å². The van der Waals surface area contributed by atoms with E-state index in [9.17, 15) is 0 Å². The Balaban J connectivity index is 1.80. The highest BCUT2D eigenvalue weighted by Gasteiger charge is 2.11. The van der Waals surface area contributed by atoms with Crippen molar-refractivity contribution in [1.82, 2.24) is 5.32 Å². The van der Waals surface area contributed by atoms with Crippen molar-refractivity contribution in [2.45, 2.75) is 25.9 Å². The molecule has 0 saturated heterocycles. The third-order valence-electron chi connectivity index (χ3n) is 4.83. The van der Waals surface area contributed by atoms with Crippen molar-refractivity contribution in [3.8, 4) is 22.6 Å². The zero-order chi connectivity index (χ0) is 19.1. The van der Waals surface area contributed by atoms with Crippen LogP contribution < -0.4 is 14.8 Å². The van der Waals surface area contributed by atoms with E-state index in [0.29, 0.717) is 6.04 Å². The Morgan fingerprint density at radius 3 is 2.22 bits per heavy atom. The molecular weight excluding hydrogens is 334 g/mol. The first-order chi connectivity index (χ1) is 13.2. The van der Waals surface area contributed by atoms with Gasteiger partial charge in [-0.1, -0.05) is 55.5 Å². The van der Waals surface area contributed by atoms with E-state index in [1.165, 1.54) is 11.1 Å². The number of nitrogens with one attached hydrogen (secondary N) is 1. The van der Waals surface area contributed by atoms with Crippen LogP contribution in [-0.4, -0.2) is 14.2 Å². The number of rotatable bonds is 8. The topological polar surface area (TPSA) is 30.5 Å². The van der Waals surface area contributed by atoms with Crippen molar-refractivity contribution in [2.75, 3.05) is 14.2 Å². The number of hydrogen-bond acceptors (Lipinski definition) is 3. The molecule has 3 nitrogen and oxygen atoms in total. The lowest BCUT2D eigenvalue weighted by Crippen LogP contribution is -2.20. The van der Waals surface area contributed by atoms with E-state index in [1.54, 1.807) is 14.2 Å². The fourth-order valence-electron chi connectivity index (χ4n) is 3.29. The van der Waals surface area contributed by atoms with Gasteiger partial charge in [0.2, 0.25) is 0 Å². The molecule has 0 amide bonds. The van der Waals surface area contributed by atoms with Crippen molar-refractivity contribution in [3.05, 3.63) is 83.9 Å². The molecule has 0 fully saturated rings. The molecule has 0 saturated carbocycles. The van der Waals surface area contributed by atoms with E-state index in [1.807, 2.05) is 18.2 Å². The minimum Gasteiger partial charge on any atom is -0.497 e. The highest BCUT2D eigenvalue weighted by atomic mass is 16.5. The Morgan fingerprint density at radius 2 is 1.59 bits per heavy atom. The van der Waals surface area contributed by atoms with E-state index in [2.05, 4.69) is 66.8 Å². The summed E-state index contributed by atoms with van der Waals surface area (Å²) in [5.74, 6) is 1.73. The molecule has 1 unspecified atom stereocenters. The largest absolute Gasteiger partial charge is 0.497 e. The summed E-state index contributed by atoms with van der Waals surface area (Å²) >= 11 is 0. The van der Waals surface area contributed by atoms with Crippen LogP contribution >= 0.6 is 0 Å². The summed E-state index contributed by atoms with van der Waals surface area (Å²) in [5.41, 5.74) is 4.76. The molecule has 140 valence electrons. The van der Waals surface area contributed by atoms with E-state index >= 15 is 0 Å². The minimum atomic E-state index is 0.345. The van der Waals surface area contributed by atoms with Gasteiger partial charge in [0.25, 0.3) is 0 Å². The molecule has 3 aromatic carbocycles. The van der Waals surface area contributed by atoms with Crippen molar-refractivity contribution >= 4 is 0 Å². The Labute approximate surface area is 162 Å². The molecule has 0 heterocycles. The number of ether oxygens (including phenoxy) is 2. The molecule has 3 aromatic rings.